The lowest BCUT2D eigenvalue weighted by atomic mass is 9.81. The lowest BCUT2D eigenvalue weighted by Crippen LogP contribution is -2.41. The monoisotopic (exact) mass is 226 g/mol. The Kier molecular flexibility index (Phi) is 4.36. The van der Waals surface area contributed by atoms with Gasteiger partial charge in [0, 0.05) is 12.0 Å². The molecule has 1 saturated carbocycles. The highest BCUT2D eigenvalue weighted by Crippen LogP contribution is 2.28. The van der Waals surface area contributed by atoms with E-state index >= 15 is 0 Å². The van der Waals surface area contributed by atoms with Crippen molar-refractivity contribution in [2.45, 2.75) is 53.0 Å². The van der Waals surface area contributed by atoms with Gasteiger partial charge in [-0.2, -0.15) is 0 Å². The van der Waals surface area contributed by atoms with Crippen LogP contribution in [0.1, 0.15) is 47.0 Å². The van der Waals surface area contributed by atoms with E-state index < -0.39 is 0 Å². The molecule has 94 valence electrons. The first-order valence-electron chi connectivity index (χ1n) is 6.35. The van der Waals surface area contributed by atoms with Crippen molar-refractivity contribution < 1.29 is 4.79 Å². The van der Waals surface area contributed by atoms with Crippen LogP contribution >= 0.6 is 0 Å². The number of rotatable bonds is 3. The summed E-state index contributed by atoms with van der Waals surface area (Å²) >= 11 is 0. The molecule has 0 aromatic carbocycles. The van der Waals surface area contributed by atoms with Gasteiger partial charge in [-0.15, -0.1) is 0 Å². The second-order valence-corrected chi connectivity index (χ2v) is 6.21. The van der Waals surface area contributed by atoms with Crippen molar-refractivity contribution in [1.29, 1.82) is 0 Å². The predicted molar refractivity (Wildman–Crippen MR) is 66.9 cm³/mol. The van der Waals surface area contributed by atoms with Crippen LogP contribution in [0.4, 0.5) is 0 Å². The zero-order chi connectivity index (χ0) is 12.3. The Hall–Kier alpha value is -0.570. The fourth-order valence-corrected chi connectivity index (χ4v) is 2.14. The maximum absolute atomic E-state index is 12.0. The number of amides is 1. The van der Waals surface area contributed by atoms with Gasteiger partial charge in [0.25, 0.3) is 0 Å². The van der Waals surface area contributed by atoms with Gasteiger partial charge in [0.1, 0.15) is 0 Å². The van der Waals surface area contributed by atoms with Gasteiger partial charge in [-0.3, -0.25) is 4.79 Å². The van der Waals surface area contributed by atoms with Gasteiger partial charge in [-0.1, -0.05) is 27.7 Å². The third-order valence-electron chi connectivity index (χ3n) is 3.91. The summed E-state index contributed by atoms with van der Waals surface area (Å²) in [4.78, 5) is 12.0. The van der Waals surface area contributed by atoms with E-state index in [0.29, 0.717) is 12.0 Å². The molecule has 3 atom stereocenters. The average Bonchev–Trinajstić information content (AvgIpc) is 2.63. The second-order valence-electron chi connectivity index (χ2n) is 6.21. The molecule has 0 bridgehead atoms. The number of nitrogens with two attached hydrogens (primary N) is 1. The Morgan fingerprint density at radius 3 is 2.50 bits per heavy atom. The highest BCUT2D eigenvalue weighted by molar-refractivity contribution is 5.79. The summed E-state index contributed by atoms with van der Waals surface area (Å²) in [7, 11) is 0. The Morgan fingerprint density at radius 2 is 2.06 bits per heavy atom. The van der Waals surface area contributed by atoms with Crippen LogP contribution in [0.5, 0.6) is 0 Å². The number of carbonyl (C=O) groups is 1. The first kappa shape index (κ1) is 13.5. The SMILES string of the molecule is CC(C(=O)N[C@@H]1CC[C@H](CN)C1)C(C)(C)C. The van der Waals surface area contributed by atoms with Gasteiger partial charge in [0.15, 0.2) is 0 Å². The fourth-order valence-electron chi connectivity index (χ4n) is 2.14. The topological polar surface area (TPSA) is 55.1 Å². The van der Waals surface area contributed by atoms with Gasteiger partial charge in [-0.05, 0) is 37.1 Å². The molecule has 1 fully saturated rings. The first-order valence-corrected chi connectivity index (χ1v) is 6.35. The van der Waals surface area contributed by atoms with E-state index in [-0.39, 0.29) is 17.2 Å². The minimum Gasteiger partial charge on any atom is -0.353 e. The molecule has 3 heteroatoms. The molecule has 3 N–H and O–H groups in total. The summed E-state index contributed by atoms with van der Waals surface area (Å²) in [5.41, 5.74) is 5.68. The number of carbonyl (C=O) groups excluding carboxylic acids is 1. The van der Waals surface area contributed by atoms with E-state index in [1.54, 1.807) is 0 Å². The normalized spacial score (nSPS) is 27.8. The Labute approximate surface area is 99.2 Å². The molecule has 0 aromatic rings. The summed E-state index contributed by atoms with van der Waals surface area (Å²) in [6, 6.07) is 0.353. The minimum atomic E-state index is 0.0377. The van der Waals surface area contributed by atoms with Gasteiger partial charge in [0.05, 0.1) is 0 Å². The lowest BCUT2D eigenvalue weighted by molar-refractivity contribution is -0.128. The quantitative estimate of drug-likeness (QED) is 0.772. The third kappa shape index (κ3) is 3.48. The zero-order valence-corrected chi connectivity index (χ0v) is 11.0. The average molecular weight is 226 g/mol. The van der Waals surface area contributed by atoms with Crippen molar-refractivity contribution in [2.24, 2.45) is 23.0 Å². The molecule has 1 rings (SSSR count). The van der Waals surface area contributed by atoms with Gasteiger partial charge >= 0.3 is 0 Å². The van der Waals surface area contributed by atoms with E-state index in [2.05, 4.69) is 26.1 Å². The molecular formula is C13H26N2O. The van der Waals surface area contributed by atoms with Crippen molar-refractivity contribution in [2.75, 3.05) is 6.54 Å². The molecule has 0 saturated heterocycles. The molecule has 0 heterocycles. The summed E-state index contributed by atoms with van der Waals surface area (Å²) in [5.74, 6) is 0.856. The van der Waals surface area contributed by atoms with E-state index in [1.807, 2.05) is 6.92 Å². The van der Waals surface area contributed by atoms with Crippen molar-refractivity contribution in [3.8, 4) is 0 Å². The lowest BCUT2D eigenvalue weighted by Gasteiger charge is -2.27. The molecule has 3 nitrogen and oxygen atoms in total. The molecule has 0 aliphatic heterocycles. The Morgan fingerprint density at radius 1 is 1.44 bits per heavy atom. The van der Waals surface area contributed by atoms with E-state index in [1.165, 1.54) is 0 Å². The summed E-state index contributed by atoms with van der Waals surface area (Å²) in [6.07, 6.45) is 3.30. The summed E-state index contributed by atoms with van der Waals surface area (Å²) < 4.78 is 0. The molecule has 1 unspecified atom stereocenters. The van der Waals surface area contributed by atoms with Crippen molar-refractivity contribution in [3.05, 3.63) is 0 Å². The molecule has 0 spiro atoms. The standard InChI is InChI=1S/C13H26N2O/c1-9(13(2,3)4)12(16)15-11-6-5-10(7-11)8-14/h9-11H,5-8,14H2,1-4H3,(H,15,16)/t9?,10-,11+/m0/s1. The van der Waals surface area contributed by atoms with E-state index in [4.69, 9.17) is 5.73 Å². The van der Waals surface area contributed by atoms with Crippen LogP contribution in [-0.4, -0.2) is 18.5 Å². The number of hydrogen-bond donors (Lipinski definition) is 2. The zero-order valence-electron chi connectivity index (χ0n) is 11.0. The van der Waals surface area contributed by atoms with Crippen LogP contribution in [0.25, 0.3) is 0 Å². The molecule has 1 aliphatic carbocycles. The molecule has 0 radical (unpaired) electrons. The molecular weight excluding hydrogens is 200 g/mol. The van der Waals surface area contributed by atoms with Gasteiger partial charge < -0.3 is 11.1 Å². The second kappa shape index (κ2) is 5.17. The molecule has 1 amide bonds. The Balaban J connectivity index is 2.41. The maximum Gasteiger partial charge on any atom is 0.223 e. The minimum absolute atomic E-state index is 0.0377. The molecule has 1 aliphatic rings. The summed E-state index contributed by atoms with van der Waals surface area (Å²) in [5, 5.41) is 3.15. The van der Waals surface area contributed by atoms with Crippen molar-refractivity contribution >= 4 is 5.91 Å². The fraction of sp³-hybridized carbons (Fsp3) is 0.923. The third-order valence-corrected chi connectivity index (χ3v) is 3.91. The van der Waals surface area contributed by atoms with Crippen LogP contribution in [0.3, 0.4) is 0 Å². The number of hydrogen-bond acceptors (Lipinski definition) is 2. The largest absolute Gasteiger partial charge is 0.353 e. The van der Waals surface area contributed by atoms with Crippen molar-refractivity contribution in [3.63, 3.8) is 0 Å². The van der Waals surface area contributed by atoms with Gasteiger partial charge in [-0.25, -0.2) is 0 Å². The van der Waals surface area contributed by atoms with Crippen molar-refractivity contribution in [1.82, 2.24) is 5.32 Å². The van der Waals surface area contributed by atoms with Crippen LogP contribution in [0.2, 0.25) is 0 Å². The Bertz CT molecular complexity index is 245. The first-order chi connectivity index (χ1) is 7.34. The van der Waals surface area contributed by atoms with Crippen LogP contribution < -0.4 is 11.1 Å². The highest BCUT2D eigenvalue weighted by atomic mass is 16.1. The summed E-state index contributed by atoms with van der Waals surface area (Å²) in [6.45, 7) is 9.07. The van der Waals surface area contributed by atoms with E-state index in [9.17, 15) is 4.79 Å². The predicted octanol–water partition coefficient (Wildman–Crippen LogP) is 1.91. The van der Waals surface area contributed by atoms with Crippen LogP contribution in [0, 0.1) is 17.3 Å². The molecule has 16 heavy (non-hydrogen) atoms. The van der Waals surface area contributed by atoms with E-state index in [0.717, 1.165) is 25.8 Å². The van der Waals surface area contributed by atoms with Gasteiger partial charge in [0.2, 0.25) is 5.91 Å². The maximum atomic E-state index is 12.0. The van der Waals surface area contributed by atoms with Crippen LogP contribution in [0.15, 0.2) is 0 Å². The van der Waals surface area contributed by atoms with Crippen LogP contribution in [-0.2, 0) is 4.79 Å². The highest BCUT2D eigenvalue weighted by Gasteiger charge is 2.30. The smallest absolute Gasteiger partial charge is 0.223 e. The molecule has 0 aromatic heterocycles. The number of nitrogens with one attached hydrogen (secondary N) is 1.